The van der Waals surface area contributed by atoms with Gasteiger partial charge in [-0.3, -0.25) is 0 Å². The predicted molar refractivity (Wildman–Crippen MR) is 161 cm³/mol. The maximum Gasteiger partial charge on any atom is 0.116 e. The smallest absolute Gasteiger partial charge is 0.116 e. The number of phenols is 1. The van der Waals surface area contributed by atoms with Crippen LogP contribution in [0.3, 0.4) is 0 Å². The normalized spacial score (nSPS) is 17.1. The SMILES string of the molecule is CC1(C)CCC2=C3C(=c4ccccc4=CC3(C)C)[C-]=C2C1.CC[Si](=[Ti+2])CC.Oc1ccc2ccccc2c1.[Cl-].[Cl-]. The molecule has 3 aliphatic carbocycles. The van der Waals surface area contributed by atoms with Gasteiger partial charge in [0.2, 0.25) is 0 Å². The van der Waals surface area contributed by atoms with Crippen molar-refractivity contribution in [3.05, 3.63) is 100.0 Å². The van der Waals surface area contributed by atoms with Gasteiger partial charge in [-0.15, -0.1) is 22.8 Å². The van der Waals surface area contributed by atoms with Crippen LogP contribution in [0.2, 0.25) is 12.1 Å². The van der Waals surface area contributed by atoms with Gasteiger partial charge in [0.1, 0.15) is 5.75 Å². The molecule has 3 aromatic carbocycles. The van der Waals surface area contributed by atoms with Crippen molar-refractivity contribution < 1.29 is 49.1 Å². The number of benzene rings is 3. The molecule has 0 heterocycles. The van der Waals surface area contributed by atoms with E-state index in [1.807, 2.05) is 30.3 Å². The predicted octanol–water partition coefficient (Wildman–Crippen LogP) is 2.03. The van der Waals surface area contributed by atoms with Gasteiger partial charge in [0.15, 0.2) is 0 Å². The fourth-order valence-corrected chi connectivity index (χ4v) is 6.20. The number of hydrogen-bond acceptors (Lipinski definition) is 1. The number of hydrogen-bond donors (Lipinski definition) is 1. The Bertz CT molecular complexity index is 1540. The maximum atomic E-state index is 9.13. The summed E-state index contributed by atoms with van der Waals surface area (Å²) in [6.07, 6.45) is 10.1. The van der Waals surface area contributed by atoms with E-state index in [0.29, 0.717) is 11.2 Å². The molecule has 1 nitrogen and oxygen atoms in total. The van der Waals surface area contributed by atoms with E-state index in [0.717, 1.165) is 10.8 Å². The molecule has 0 amide bonds. The second-order valence-electron chi connectivity index (χ2n) is 12.0. The summed E-state index contributed by atoms with van der Waals surface area (Å²) in [6, 6.07) is 25.0. The van der Waals surface area contributed by atoms with Gasteiger partial charge in [-0.25, -0.2) is 0 Å². The third-order valence-corrected chi connectivity index (χ3v) is 12.9. The van der Waals surface area contributed by atoms with Crippen LogP contribution >= 0.6 is 0 Å². The van der Waals surface area contributed by atoms with Crippen LogP contribution in [0.15, 0.2) is 83.4 Å². The second-order valence-corrected chi connectivity index (χ2v) is 17.9. The summed E-state index contributed by atoms with van der Waals surface area (Å²) in [5.41, 5.74) is 6.55. The molecule has 3 aliphatic rings. The quantitative estimate of drug-likeness (QED) is 0.342. The molecule has 0 atom stereocenters. The van der Waals surface area contributed by atoms with Gasteiger partial charge in [-0.1, -0.05) is 112 Å². The van der Waals surface area contributed by atoms with E-state index in [1.165, 1.54) is 52.9 Å². The molecule has 6 rings (SSSR count). The summed E-state index contributed by atoms with van der Waals surface area (Å²) in [4.78, 5) is 0. The third-order valence-electron chi connectivity index (χ3n) is 7.88. The van der Waals surface area contributed by atoms with E-state index < -0.39 is 0 Å². The van der Waals surface area contributed by atoms with Crippen LogP contribution in [0.1, 0.15) is 60.8 Å². The van der Waals surface area contributed by atoms with E-state index in [2.05, 4.69) is 97.1 Å². The first-order chi connectivity index (χ1) is 18.0. The molecule has 0 saturated heterocycles. The van der Waals surface area contributed by atoms with Crippen LogP contribution in [-0.4, -0.2) is 11.3 Å². The number of phenolic OH excluding ortho intramolecular Hbond substituents is 1. The zero-order chi connectivity index (χ0) is 27.5. The Kier molecular flexibility index (Phi) is 12.6. The number of aromatic hydroxyl groups is 1. The zero-order valence-corrected chi connectivity index (χ0v) is 28.7. The Hall–Kier alpha value is -1.55. The van der Waals surface area contributed by atoms with Crippen molar-refractivity contribution in [1.82, 2.24) is 0 Å². The fourth-order valence-electron chi connectivity index (χ4n) is 5.70. The molecule has 0 unspecified atom stereocenters. The number of fused-ring (bicyclic) bond motifs is 4. The molecule has 1 fully saturated rings. The maximum absolute atomic E-state index is 9.13. The van der Waals surface area contributed by atoms with E-state index in [9.17, 15) is 0 Å². The summed E-state index contributed by atoms with van der Waals surface area (Å²) in [5, 5.41) is 14.1. The fraction of sp³-hybridized carbons (Fsp3) is 0.371. The largest absolute Gasteiger partial charge is 1.00 e. The molecule has 210 valence electrons. The molecule has 3 aromatic rings. The van der Waals surface area contributed by atoms with Crippen molar-refractivity contribution in [1.29, 1.82) is 0 Å². The summed E-state index contributed by atoms with van der Waals surface area (Å²) in [7, 11) is 0. The average molecular weight is 625 g/mol. The molecule has 1 N–H and O–H groups in total. The van der Waals surface area contributed by atoms with Crippen LogP contribution in [-0.2, 0) is 19.2 Å². The van der Waals surface area contributed by atoms with Gasteiger partial charge in [-0.05, 0) is 40.2 Å². The molecular weight excluding hydrogens is 583 g/mol. The van der Waals surface area contributed by atoms with Crippen LogP contribution in [0.25, 0.3) is 22.4 Å². The Morgan fingerprint density at radius 3 is 2.15 bits per heavy atom. The first kappa shape index (κ1) is 34.7. The van der Waals surface area contributed by atoms with Gasteiger partial charge >= 0.3 is 51.3 Å². The first-order valence-corrected chi connectivity index (χ1v) is 18.2. The molecule has 0 radical (unpaired) electrons. The Balaban J connectivity index is 0.000000249. The molecule has 0 aromatic heterocycles. The van der Waals surface area contributed by atoms with Crippen LogP contribution in [0.5, 0.6) is 5.75 Å². The molecular formula is C35H41Cl2OSiTi-. The van der Waals surface area contributed by atoms with Crippen LogP contribution in [0, 0.1) is 16.9 Å². The number of allylic oxidation sites excluding steroid dienone is 4. The van der Waals surface area contributed by atoms with Crippen molar-refractivity contribution in [2.45, 2.75) is 72.9 Å². The summed E-state index contributed by atoms with van der Waals surface area (Å²) in [5.74, 6) is 0.323. The summed E-state index contributed by atoms with van der Waals surface area (Å²) in [6.45, 7) is 14.0. The van der Waals surface area contributed by atoms with Crippen molar-refractivity contribution in [2.75, 3.05) is 0 Å². The molecule has 40 heavy (non-hydrogen) atoms. The number of rotatable bonds is 2. The minimum absolute atomic E-state index is 0. The van der Waals surface area contributed by atoms with Gasteiger partial charge in [0.05, 0.1) is 0 Å². The van der Waals surface area contributed by atoms with E-state index in [-0.39, 0.29) is 36.4 Å². The third kappa shape index (κ3) is 8.05. The number of halogens is 2. The van der Waals surface area contributed by atoms with Gasteiger partial charge in [0.25, 0.3) is 0 Å². The molecule has 0 bridgehead atoms. The van der Waals surface area contributed by atoms with Gasteiger partial charge < -0.3 is 29.9 Å². The Morgan fingerprint density at radius 2 is 1.50 bits per heavy atom. The van der Waals surface area contributed by atoms with Crippen LogP contribution in [0.4, 0.5) is 0 Å². The van der Waals surface area contributed by atoms with Crippen molar-refractivity contribution in [3.63, 3.8) is 0 Å². The molecule has 0 spiro atoms. The van der Waals surface area contributed by atoms with Crippen molar-refractivity contribution in [2.24, 2.45) is 10.8 Å². The minimum Gasteiger partial charge on any atom is -1.00 e. The van der Waals surface area contributed by atoms with E-state index >= 15 is 0 Å². The standard InChI is InChI=1S/C21H23.C10H8O.C4H10Si.2ClH.Ti/c1-20(2)10-9-17-15(12-20)11-18-16-8-6-5-7-14(16)13-21(3,4)19(17)18;11-10-6-5-8-3-1-2-4-9(8)7-10;1-3-5-4-2;;;/h5-8,13H,9-10,12H2,1-4H3;1-7,11H;3-4H2,1-2H3;2*1H;/q-1;;;;;+2/p-2. The molecule has 1 saturated carbocycles. The summed E-state index contributed by atoms with van der Waals surface area (Å²) < 4.78 is 0. The monoisotopic (exact) mass is 623 g/mol. The average Bonchev–Trinajstić information content (AvgIpc) is 3.27. The van der Waals surface area contributed by atoms with E-state index in [4.69, 9.17) is 5.11 Å². The Morgan fingerprint density at radius 1 is 0.875 bits per heavy atom. The van der Waals surface area contributed by atoms with Gasteiger partial charge in [0, 0.05) is 0 Å². The van der Waals surface area contributed by atoms with E-state index in [1.54, 1.807) is 23.3 Å². The van der Waals surface area contributed by atoms with Crippen molar-refractivity contribution in [3.8, 4) is 5.75 Å². The van der Waals surface area contributed by atoms with Crippen LogP contribution < -0.4 is 35.3 Å². The summed E-state index contributed by atoms with van der Waals surface area (Å²) >= 11 is 2.38. The second kappa shape index (κ2) is 14.6. The first-order valence-electron chi connectivity index (χ1n) is 14.0. The minimum atomic E-state index is 0. The molecule has 0 aliphatic heterocycles. The van der Waals surface area contributed by atoms with Crippen molar-refractivity contribution >= 4 is 28.6 Å². The topological polar surface area (TPSA) is 20.2 Å². The van der Waals surface area contributed by atoms with Gasteiger partial charge in [-0.2, -0.15) is 5.57 Å². The zero-order valence-electron chi connectivity index (χ0n) is 24.7. The molecule has 5 heteroatoms. The Labute approximate surface area is 265 Å².